The minimum atomic E-state index is 0.310. The van der Waals surface area contributed by atoms with Crippen molar-refractivity contribution in [3.8, 4) is 0 Å². The number of amides is 1. The van der Waals surface area contributed by atoms with Crippen molar-refractivity contribution in [3.63, 3.8) is 0 Å². The summed E-state index contributed by atoms with van der Waals surface area (Å²) in [6.07, 6.45) is 4.54. The molecule has 2 N–H and O–H groups in total. The van der Waals surface area contributed by atoms with Crippen LogP contribution in [0.3, 0.4) is 0 Å². The van der Waals surface area contributed by atoms with Gasteiger partial charge >= 0.3 is 0 Å². The van der Waals surface area contributed by atoms with E-state index in [9.17, 15) is 4.79 Å². The Balaban J connectivity index is 1.83. The molecule has 2 atom stereocenters. The van der Waals surface area contributed by atoms with Gasteiger partial charge in [-0.15, -0.1) is 0 Å². The summed E-state index contributed by atoms with van der Waals surface area (Å²) in [6, 6.07) is 0.864. The smallest absolute Gasteiger partial charge is 0.236 e. The van der Waals surface area contributed by atoms with Crippen LogP contribution in [0.5, 0.6) is 0 Å². The minimum absolute atomic E-state index is 0.310. The first kappa shape index (κ1) is 13.8. The second kappa shape index (κ2) is 6.02. The highest BCUT2D eigenvalue weighted by molar-refractivity contribution is 5.78. The van der Waals surface area contributed by atoms with E-state index in [2.05, 4.69) is 23.6 Å². The van der Waals surface area contributed by atoms with Crippen molar-refractivity contribution in [1.82, 2.24) is 9.80 Å². The van der Waals surface area contributed by atoms with E-state index in [0.717, 1.165) is 32.5 Å². The number of likely N-dealkylation sites (tertiary alicyclic amines) is 1. The molecule has 0 aromatic rings. The molecule has 4 nitrogen and oxygen atoms in total. The fourth-order valence-electron chi connectivity index (χ4n) is 3.01. The number of carbonyl (C=O) groups is 1. The summed E-state index contributed by atoms with van der Waals surface area (Å²) in [4.78, 5) is 16.6. The van der Waals surface area contributed by atoms with Gasteiger partial charge in [0, 0.05) is 31.7 Å². The molecule has 2 unspecified atom stereocenters. The third-order valence-corrected chi connectivity index (χ3v) is 4.41. The Bertz CT molecular complexity index is 291. The lowest BCUT2D eigenvalue weighted by molar-refractivity contribution is -0.133. The molecule has 2 rings (SSSR count). The molecule has 4 heteroatoms. The minimum Gasteiger partial charge on any atom is -0.339 e. The standard InChI is InChI=1S/C14H27N3O/c1-3-11-9-16(8-7-13(11)15)10-14(18)17(4-2)12-5-6-12/h11-13H,3-10,15H2,1-2H3. The van der Waals surface area contributed by atoms with Crippen LogP contribution in [0.2, 0.25) is 0 Å². The maximum atomic E-state index is 12.3. The zero-order valence-electron chi connectivity index (χ0n) is 11.8. The monoisotopic (exact) mass is 253 g/mol. The number of nitrogens with zero attached hydrogens (tertiary/aromatic N) is 2. The summed E-state index contributed by atoms with van der Waals surface area (Å²) in [5, 5.41) is 0. The molecular formula is C14H27N3O. The van der Waals surface area contributed by atoms with Crippen molar-refractivity contribution in [2.24, 2.45) is 11.7 Å². The Morgan fingerprint density at radius 2 is 2.06 bits per heavy atom. The van der Waals surface area contributed by atoms with Gasteiger partial charge in [-0.05, 0) is 32.1 Å². The normalized spacial score (nSPS) is 29.3. The van der Waals surface area contributed by atoms with E-state index in [4.69, 9.17) is 5.73 Å². The Morgan fingerprint density at radius 1 is 1.33 bits per heavy atom. The van der Waals surface area contributed by atoms with Crippen LogP contribution in [0.15, 0.2) is 0 Å². The lowest BCUT2D eigenvalue weighted by Gasteiger charge is -2.37. The van der Waals surface area contributed by atoms with Crippen LogP contribution in [0.25, 0.3) is 0 Å². The highest BCUT2D eigenvalue weighted by atomic mass is 16.2. The lowest BCUT2D eigenvalue weighted by Crippen LogP contribution is -2.50. The van der Waals surface area contributed by atoms with Gasteiger partial charge in [-0.1, -0.05) is 13.3 Å². The highest BCUT2D eigenvalue weighted by Crippen LogP contribution is 2.27. The Labute approximate surface area is 110 Å². The average molecular weight is 253 g/mol. The van der Waals surface area contributed by atoms with Crippen LogP contribution < -0.4 is 5.73 Å². The van der Waals surface area contributed by atoms with Crippen molar-refractivity contribution in [2.75, 3.05) is 26.2 Å². The molecular weight excluding hydrogens is 226 g/mol. The van der Waals surface area contributed by atoms with E-state index in [1.807, 2.05) is 0 Å². The molecule has 1 aliphatic heterocycles. The third kappa shape index (κ3) is 3.23. The molecule has 2 fully saturated rings. The van der Waals surface area contributed by atoms with Gasteiger partial charge in [-0.3, -0.25) is 9.69 Å². The van der Waals surface area contributed by atoms with Crippen LogP contribution in [-0.2, 0) is 4.79 Å². The van der Waals surface area contributed by atoms with Gasteiger partial charge in [-0.2, -0.15) is 0 Å². The zero-order valence-corrected chi connectivity index (χ0v) is 11.8. The maximum Gasteiger partial charge on any atom is 0.236 e. The van der Waals surface area contributed by atoms with E-state index in [1.165, 1.54) is 12.8 Å². The fourth-order valence-corrected chi connectivity index (χ4v) is 3.01. The van der Waals surface area contributed by atoms with Gasteiger partial charge in [0.05, 0.1) is 6.54 Å². The van der Waals surface area contributed by atoms with Crippen LogP contribution in [-0.4, -0.2) is 54.0 Å². The van der Waals surface area contributed by atoms with Crippen molar-refractivity contribution >= 4 is 5.91 Å². The molecule has 104 valence electrons. The molecule has 18 heavy (non-hydrogen) atoms. The van der Waals surface area contributed by atoms with E-state index in [1.54, 1.807) is 0 Å². The number of carbonyl (C=O) groups excluding carboxylic acids is 1. The number of hydrogen-bond donors (Lipinski definition) is 1. The molecule has 1 heterocycles. The van der Waals surface area contributed by atoms with Gasteiger partial charge in [0.1, 0.15) is 0 Å². The average Bonchev–Trinajstić information content (AvgIpc) is 3.17. The predicted molar refractivity (Wildman–Crippen MR) is 73.2 cm³/mol. The van der Waals surface area contributed by atoms with Crippen molar-refractivity contribution in [3.05, 3.63) is 0 Å². The Hall–Kier alpha value is -0.610. The zero-order chi connectivity index (χ0) is 13.1. The quantitative estimate of drug-likeness (QED) is 0.797. The maximum absolute atomic E-state index is 12.3. The van der Waals surface area contributed by atoms with Crippen LogP contribution in [0.4, 0.5) is 0 Å². The van der Waals surface area contributed by atoms with Crippen LogP contribution in [0.1, 0.15) is 39.5 Å². The summed E-state index contributed by atoms with van der Waals surface area (Å²) in [6.45, 7) is 7.69. The van der Waals surface area contributed by atoms with E-state index < -0.39 is 0 Å². The van der Waals surface area contributed by atoms with Gasteiger partial charge in [-0.25, -0.2) is 0 Å². The first-order chi connectivity index (χ1) is 8.65. The summed E-state index contributed by atoms with van der Waals surface area (Å²) in [5.41, 5.74) is 6.10. The van der Waals surface area contributed by atoms with Gasteiger partial charge < -0.3 is 10.6 Å². The second-order valence-electron chi connectivity index (χ2n) is 5.77. The molecule has 0 bridgehead atoms. The Kier molecular flexibility index (Phi) is 4.62. The largest absolute Gasteiger partial charge is 0.339 e. The van der Waals surface area contributed by atoms with Crippen molar-refractivity contribution in [2.45, 2.75) is 51.6 Å². The first-order valence-electron chi connectivity index (χ1n) is 7.43. The van der Waals surface area contributed by atoms with Crippen molar-refractivity contribution < 1.29 is 4.79 Å². The number of hydrogen-bond acceptors (Lipinski definition) is 3. The lowest BCUT2D eigenvalue weighted by atomic mass is 9.91. The first-order valence-corrected chi connectivity index (χ1v) is 7.43. The van der Waals surface area contributed by atoms with E-state index in [-0.39, 0.29) is 0 Å². The fraction of sp³-hybridized carbons (Fsp3) is 0.929. The number of likely N-dealkylation sites (N-methyl/N-ethyl adjacent to an activating group) is 1. The molecule has 0 spiro atoms. The second-order valence-corrected chi connectivity index (χ2v) is 5.77. The molecule has 0 radical (unpaired) electrons. The van der Waals surface area contributed by atoms with Gasteiger partial charge in [0.2, 0.25) is 5.91 Å². The summed E-state index contributed by atoms with van der Waals surface area (Å²) in [7, 11) is 0. The predicted octanol–water partition coefficient (Wildman–Crippen LogP) is 1.06. The van der Waals surface area contributed by atoms with E-state index >= 15 is 0 Å². The molecule has 1 saturated heterocycles. The molecule has 0 aromatic carbocycles. The molecule has 0 aromatic heterocycles. The van der Waals surface area contributed by atoms with E-state index in [0.29, 0.717) is 30.5 Å². The highest BCUT2D eigenvalue weighted by Gasteiger charge is 2.33. The topological polar surface area (TPSA) is 49.6 Å². The molecule has 2 aliphatic rings. The number of nitrogens with two attached hydrogens (primary N) is 1. The summed E-state index contributed by atoms with van der Waals surface area (Å²) in [5.74, 6) is 0.868. The number of rotatable bonds is 5. The van der Waals surface area contributed by atoms with Crippen LogP contribution >= 0.6 is 0 Å². The SMILES string of the molecule is CCC1CN(CC(=O)N(CC)C2CC2)CCC1N. The van der Waals surface area contributed by atoms with Gasteiger partial charge in [0.15, 0.2) is 0 Å². The number of piperidine rings is 1. The molecule has 1 aliphatic carbocycles. The Morgan fingerprint density at radius 3 is 2.61 bits per heavy atom. The molecule has 1 saturated carbocycles. The third-order valence-electron chi connectivity index (χ3n) is 4.41. The van der Waals surface area contributed by atoms with Gasteiger partial charge in [0.25, 0.3) is 0 Å². The van der Waals surface area contributed by atoms with Crippen molar-refractivity contribution in [1.29, 1.82) is 0 Å². The molecule has 1 amide bonds. The summed E-state index contributed by atoms with van der Waals surface area (Å²) >= 11 is 0. The summed E-state index contributed by atoms with van der Waals surface area (Å²) < 4.78 is 0. The van der Waals surface area contributed by atoms with Crippen LogP contribution in [0, 0.1) is 5.92 Å².